The van der Waals surface area contributed by atoms with Crippen molar-refractivity contribution in [2.75, 3.05) is 39.3 Å². The van der Waals surface area contributed by atoms with Gasteiger partial charge in [-0.3, -0.25) is 4.90 Å². The van der Waals surface area contributed by atoms with Gasteiger partial charge in [0, 0.05) is 44.8 Å². The van der Waals surface area contributed by atoms with Gasteiger partial charge in [-0.25, -0.2) is 0 Å². The van der Waals surface area contributed by atoms with E-state index >= 15 is 0 Å². The Kier molecular flexibility index (Phi) is 7.11. The molecule has 162 valence electrons. The maximum atomic E-state index is 13.0. The summed E-state index contributed by atoms with van der Waals surface area (Å²) < 4.78 is 35.7. The van der Waals surface area contributed by atoms with Crippen LogP contribution in [0.1, 0.15) is 56.9 Å². The minimum absolute atomic E-state index is 0.352. The van der Waals surface area contributed by atoms with Crippen molar-refractivity contribution < 1.29 is 13.2 Å². The standard InChI is InChI=1S/C22H35N3O3S/c26-29(27,24-14-6-1-7-15-24)25-16-8-13-23(17-18-25)19-20-9-2-5-12-22(20)28-21-10-3-4-11-21/h2,5,9,12,21H,1,3-4,6-8,10-11,13-19H2. The number of rotatable bonds is 6. The van der Waals surface area contributed by atoms with E-state index in [0.717, 1.165) is 63.9 Å². The molecule has 1 aromatic rings. The average Bonchev–Trinajstić information content (AvgIpc) is 3.13. The molecule has 0 amide bonds. The number of nitrogens with zero attached hydrogens (tertiary/aromatic N) is 3. The summed E-state index contributed by atoms with van der Waals surface area (Å²) >= 11 is 0. The maximum Gasteiger partial charge on any atom is 0.282 e. The van der Waals surface area contributed by atoms with E-state index in [4.69, 9.17) is 4.74 Å². The van der Waals surface area contributed by atoms with E-state index < -0.39 is 10.2 Å². The van der Waals surface area contributed by atoms with Gasteiger partial charge in [-0.15, -0.1) is 0 Å². The van der Waals surface area contributed by atoms with E-state index in [1.165, 1.54) is 18.4 Å². The Bertz CT molecular complexity index is 758. The van der Waals surface area contributed by atoms with Crippen LogP contribution in [0.15, 0.2) is 24.3 Å². The Balaban J connectivity index is 1.37. The molecule has 2 saturated heterocycles. The van der Waals surface area contributed by atoms with Crippen LogP contribution in [0.4, 0.5) is 0 Å². The Morgan fingerprint density at radius 3 is 2.28 bits per heavy atom. The second-order valence-corrected chi connectivity index (χ2v) is 10.6. The average molecular weight is 422 g/mol. The monoisotopic (exact) mass is 421 g/mol. The van der Waals surface area contributed by atoms with Gasteiger partial charge >= 0.3 is 0 Å². The highest BCUT2D eigenvalue weighted by Gasteiger charge is 2.32. The molecule has 0 bridgehead atoms. The van der Waals surface area contributed by atoms with Crippen LogP contribution in [0.2, 0.25) is 0 Å². The molecular formula is C22H35N3O3S. The molecule has 0 aromatic heterocycles. The minimum Gasteiger partial charge on any atom is -0.490 e. The molecule has 2 heterocycles. The molecule has 4 rings (SSSR count). The van der Waals surface area contributed by atoms with E-state index in [1.807, 2.05) is 6.07 Å². The topological polar surface area (TPSA) is 53.1 Å². The van der Waals surface area contributed by atoms with Crippen molar-refractivity contribution in [1.29, 1.82) is 0 Å². The number of benzene rings is 1. The van der Waals surface area contributed by atoms with E-state index in [1.54, 1.807) is 8.61 Å². The van der Waals surface area contributed by atoms with Crippen molar-refractivity contribution in [3.63, 3.8) is 0 Å². The molecule has 1 saturated carbocycles. The second-order valence-electron chi connectivity index (χ2n) is 8.63. The molecule has 0 unspecified atom stereocenters. The summed E-state index contributed by atoms with van der Waals surface area (Å²) in [5, 5.41) is 0. The van der Waals surface area contributed by atoms with Gasteiger partial charge in [-0.2, -0.15) is 17.0 Å². The van der Waals surface area contributed by atoms with Crippen molar-refractivity contribution in [1.82, 2.24) is 13.5 Å². The number of para-hydroxylation sites is 1. The fraction of sp³-hybridized carbons (Fsp3) is 0.727. The van der Waals surface area contributed by atoms with Crippen LogP contribution in [0, 0.1) is 0 Å². The molecule has 2 aliphatic heterocycles. The quantitative estimate of drug-likeness (QED) is 0.708. The predicted octanol–water partition coefficient (Wildman–Crippen LogP) is 3.25. The lowest BCUT2D eigenvalue weighted by Crippen LogP contribution is -2.47. The summed E-state index contributed by atoms with van der Waals surface area (Å²) in [6.45, 7) is 5.05. The van der Waals surface area contributed by atoms with Crippen LogP contribution < -0.4 is 4.74 Å². The van der Waals surface area contributed by atoms with Gasteiger partial charge in [0.25, 0.3) is 10.2 Å². The molecule has 0 atom stereocenters. The molecule has 6 nitrogen and oxygen atoms in total. The highest BCUT2D eigenvalue weighted by Crippen LogP contribution is 2.28. The van der Waals surface area contributed by atoms with E-state index in [9.17, 15) is 8.42 Å². The number of hydrogen-bond donors (Lipinski definition) is 0. The summed E-state index contributed by atoms with van der Waals surface area (Å²) in [7, 11) is -3.31. The SMILES string of the molecule is O=S(=O)(N1CCCCC1)N1CCCN(Cc2ccccc2OC2CCCC2)CC1. The molecule has 0 N–H and O–H groups in total. The van der Waals surface area contributed by atoms with Gasteiger partial charge in [0.2, 0.25) is 0 Å². The van der Waals surface area contributed by atoms with Gasteiger partial charge in [-0.05, 0) is 57.6 Å². The van der Waals surface area contributed by atoms with Gasteiger partial charge in [-0.1, -0.05) is 24.6 Å². The molecule has 1 aliphatic carbocycles. The normalized spacial score (nSPS) is 23.9. The zero-order valence-corrected chi connectivity index (χ0v) is 18.3. The molecule has 3 fully saturated rings. The maximum absolute atomic E-state index is 13.0. The lowest BCUT2D eigenvalue weighted by atomic mass is 10.1. The van der Waals surface area contributed by atoms with E-state index in [2.05, 4.69) is 23.1 Å². The first kappa shape index (κ1) is 21.1. The second kappa shape index (κ2) is 9.77. The Hall–Kier alpha value is -1.15. The summed E-state index contributed by atoms with van der Waals surface area (Å²) in [5.41, 5.74) is 1.21. The first-order chi connectivity index (χ1) is 14.1. The highest BCUT2D eigenvalue weighted by molar-refractivity contribution is 7.86. The smallest absolute Gasteiger partial charge is 0.282 e. The van der Waals surface area contributed by atoms with Crippen LogP contribution in [-0.2, 0) is 16.8 Å². The fourth-order valence-corrected chi connectivity index (χ4v) is 6.49. The van der Waals surface area contributed by atoms with E-state index in [0.29, 0.717) is 32.3 Å². The summed E-state index contributed by atoms with van der Waals surface area (Å²) in [5.74, 6) is 1.00. The third-order valence-corrected chi connectivity index (χ3v) is 8.51. The zero-order valence-electron chi connectivity index (χ0n) is 17.5. The zero-order chi connectivity index (χ0) is 20.1. The van der Waals surface area contributed by atoms with Crippen LogP contribution in [0.3, 0.4) is 0 Å². The molecular weight excluding hydrogens is 386 g/mol. The third kappa shape index (κ3) is 5.32. The molecule has 29 heavy (non-hydrogen) atoms. The summed E-state index contributed by atoms with van der Waals surface area (Å²) in [6, 6.07) is 8.35. The number of hydrogen-bond acceptors (Lipinski definition) is 4. The van der Waals surface area contributed by atoms with Crippen LogP contribution >= 0.6 is 0 Å². The van der Waals surface area contributed by atoms with Crippen molar-refractivity contribution >= 4 is 10.2 Å². The molecule has 1 aromatic carbocycles. The molecule has 0 spiro atoms. The van der Waals surface area contributed by atoms with Crippen molar-refractivity contribution in [2.24, 2.45) is 0 Å². The van der Waals surface area contributed by atoms with Crippen molar-refractivity contribution in [3.8, 4) is 5.75 Å². The van der Waals surface area contributed by atoms with Crippen molar-refractivity contribution in [3.05, 3.63) is 29.8 Å². The van der Waals surface area contributed by atoms with Crippen molar-refractivity contribution in [2.45, 2.75) is 64.0 Å². The highest BCUT2D eigenvalue weighted by atomic mass is 32.2. The first-order valence-corrected chi connectivity index (χ1v) is 12.7. The largest absolute Gasteiger partial charge is 0.490 e. The van der Waals surface area contributed by atoms with Crippen LogP contribution in [-0.4, -0.2) is 67.3 Å². The molecule has 0 radical (unpaired) electrons. The molecule has 7 heteroatoms. The van der Waals surface area contributed by atoms with Gasteiger partial charge in [0.15, 0.2) is 0 Å². The summed E-state index contributed by atoms with van der Waals surface area (Å²) in [4.78, 5) is 2.38. The van der Waals surface area contributed by atoms with Gasteiger partial charge < -0.3 is 4.74 Å². The lowest BCUT2D eigenvalue weighted by Gasteiger charge is -2.31. The Labute approximate surface area is 176 Å². The summed E-state index contributed by atoms with van der Waals surface area (Å²) in [6.07, 6.45) is 9.17. The van der Waals surface area contributed by atoms with Crippen LogP contribution in [0.5, 0.6) is 5.75 Å². The fourth-order valence-electron chi connectivity index (χ4n) is 4.77. The first-order valence-electron chi connectivity index (χ1n) is 11.3. The van der Waals surface area contributed by atoms with Gasteiger partial charge in [0.05, 0.1) is 6.10 Å². The Morgan fingerprint density at radius 1 is 0.793 bits per heavy atom. The third-order valence-electron chi connectivity index (χ3n) is 6.48. The Morgan fingerprint density at radius 2 is 1.48 bits per heavy atom. The minimum atomic E-state index is -3.31. The number of piperidine rings is 1. The van der Waals surface area contributed by atoms with Gasteiger partial charge in [0.1, 0.15) is 5.75 Å². The van der Waals surface area contributed by atoms with E-state index in [-0.39, 0.29) is 0 Å². The number of ether oxygens (including phenoxy) is 1. The molecule has 3 aliphatic rings. The lowest BCUT2D eigenvalue weighted by molar-refractivity contribution is 0.202. The van der Waals surface area contributed by atoms with Crippen LogP contribution in [0.25, 0.3) is 0 Å². The predicted molar refractivity (Wildman–Crippen MR) is 115 cm³/mol.